The fourth-order valence-electron chi connectivity index (χ4n) is 3.83. The van der Waals surface area contributed by atoms with Gasteiger partial charge in [0.25, 0.3) is 5.91 Å². The molecule has 1 aromatic carbocycles. The van der Waals surface area contributed by atoms with E-state index in [1.807, 2.05) is 29.8 Å². The van der Waals surface area contributed by atoms with Crippen LogP contribution in [0.3, 0.4) is 0 Å². The van der Waals surface area contributed by atoms with Crippen molar-refractivity contribution in [2.75, 3.05) is 6.54 Å². The minimum absolute atomic E-state index is 0.0355. The van der Waals surface area contributed by atoms with E-state index in [4.69, 9.17) is 4.42 Å². The van der Waals surface area contributed by atoms with E-state index in [0.29, 0.717) is 30.8 Å². The van der Waals surface area contributed by atoms with Gasteiger partial charge in [0.1, 0.15) is 0 Å². The van der Waals surface area contributed by atoms with Gasteiger partial charge in [0, 0.05) is 36.3 Å². The van der Waals surface area contributed by atoms with E-state index in [9.17, 15) is 14.7 Å². The van der Waals surface area contributed by atoms with Crippen LogP contribution in [0.15, 0.2) is 47.1 Å². The van der Waals surface area contributed by atoms with Crippen molar-refractivity contribution < 1.29 is 19.1 Å². The number of carboxylic acids is 1. The van der Waals surface area contributed by atoms with Gasteiger partial charge in [-0.25, -0.2) is 4.79 Å². The first kappa shape index (κ1) is 19.0. The standard InChI is InChI=1S/C22H23N3O4/c1-15-10-13-29-20(15)21(26)24-12-9-18-17(14-24)19(22(27)28)23-25(18)11-5-8-16-6-3-2-4-7-16/h2-4,6-7,10,13H,5,8-9,11-12,14H2,1H3,(H,27,28). The van der Waals surface area contributed by atoms with E-state index in [2.05, 4.69) is 17.2 Å². The van der Waals surface area contributed by atoms with Crippen LogP contribution < -0.4 is 0 Å². The monoisotopic (exact) mass is 393 g/mol. The van der Waals surface area contributed by atoms with Crippen molar-refractivity contribution in [3.63, 3.8) is 0 Å². The quantitative estimate of drug-likeness (QED) is 0.694. The molecule has 3 heterocycles. The zero-order valence-corrected chi connectivity index (χ0v) is 16.3. The van der Waals surface area contributed by atoms with Gasteiger partial charge in [0.05, 0.1) is 12.8 Å². The van der Waals surface area contributed by atoms with Crippen molar-refractivity contribution in [2.45, 2.75) is 39.3 Å². The second kappa shape index (κ2) is 7.95. The second-order valence-corrected chi connectivity index (χ2v) is 7.30. The number of amides is 1. The zero-order chi connectivity index (χ0) is 20.4. The topological polar surface area (TPSA) is 88.6 Å². The third kappa shape index (κ3) is 3.81. The number of aromatic nitrogens is 2. The maximum absolute atomic E-state index is 12.8. The number of carboxylic acid groups (broad SMARTS) is 1. The summed E-state index contributed by atoms with van der Waals surface area (Å²) in [6, 6.07) is 11.9. The van der Waals surface area contributed by atoms with Crippen LogP contribution in [-0.2, 0) is 25.9 Å². The Morgan fingerprint density at radius 3 is 2.69 bits per heavy atom. The van der Waals surface area contributed by atoms with Crippen molar-refractivity contribution in [2.24, 2.45) is 0 Å². The van der Waals surface area contributed by atoms with E-state index >= 15 is 0 Å². The third-order valence-electron chi connectivity index (χ3n) is 5.36. The number of aromatic carboxylic acids is 1. The highest BCUT2D eigenvalue weighted by molar-refractivity contribution is 5.93. The summed E-state index contributed by atoms with van der Waals surface area (Å²) in [6.45, 7) is 3.21. The van der Waals surface area contributed by atoms with Gasteiger partial charge >= 0.3 is 5.97 Å². The summed E-state index contributed by atoms with van der Waals surface area (Å²) in [5.41, 5.74) is 3.60. The lowest BCUT2D eigenvalue weighted by molar-refractivity contribution is 0.0665. The summed E-state index contributed by atoms with van der Waals surface area (Å²) in [6.07, 6.45) is 3.84. The lowest BCUT2D eigenvalue weighted by Gasteiger charge is -2.27. The molecule has 1 aliphatic heterocycles. The van der Waals surface area contributed by atoms with Crippen LogP contribution in [0.25, 0.3) is 0 Å². The van der Waals surface area contributed by atoms with Crippen LogP contribution in [0, 0.1) is 6.92 Å². The predicted molar refractivity (Wildman–Crippen MR) is 106 cm³/mol. The van der Waals surface area contributed by atoms with Crippen LogP contribution in [0.1, 0.15) is 49.8 Å². The molecule has 0 aliphatic carbocycles. The second-order valence-electron chi connectivity index (χ2n) is 7.30. The molecular weight excluding hydrogens is 370 g/mol. The average Bonchev–Trinajstić information content (AvgIpc) is 3.31. The van der Waals surface area contributed by atoms with Crippen LogP contribution in [0.2, 0.25) is 0 Å². The molecule has 0 radical (unpaired) electrons. The molecule has 0 spiro atoms. The highest BCUT2D eigenvalue weighted by Gasteiger charge is 2.31. The first-order chi connectivity index (χ1) is 14.0. The van der Waals surface area contributed by atoms with Crippen molar-refractivity contribution in [3.05, 3.63) is 76.5 Å². The lowest BCUT2D eigenvalue weighted by atomic mass is 10.0. The molecule has 7 heteroatoms. The van der Waals surface area contributed by atoms with E-state index in [1.165, 1.54) is 11.8 Å². The maximum Gasteiger partial charge on any atom is 0.356 e. The Balaban J connectivity index is 1.52. The van der Waals surface area contributed by atoms with Crippen molar-refractivity contribution in [1.82, 2.24) is 14.7 Å². The number of carbonyl (C=O) groups excluding carboxylic acids is 1. The van der Waals surface area contributed by atoms with E-state index < -0.39 is 5.97 Å². The molecule has 29 heavy (non-hydrogen) atoms. The van der Waals surface area contributed by atoms with Crippen LogP contribution >= 0.6 is 0 Å². The summed E-state index contributed by atoms with van der Waals surface area (Å²) in [5.74, 6) is -0.974. The van der Waals surface area contributed by atoms with Gasteiger partial charge in [0.15, 0.2) is 11.5 Å². The minimum atomic E-state index is -1.06. The van der Waals surface area contributed by atoms with Crippen LogP contribution in [-0.4, -0.2) is 38.2 Å². The first-order valence-corrected chi connectivity index (χ1v) is 9.73. The first-order valence-electron chi connectivity index (χ1n) is 9.73. The summed E-state index contributed by atoms with van der Waals surface area (Å²) in [4.78, 5) is 26.1. The van der Waals surface area contributed by atoms with Gasteiger partial charge in [0.2, 0.25) is 0 Å². The molecule has 4 rings (SSSR count). The molecule has 2 aromatic heterocycles. The number of benzene rings is 1. The Morgan fingerprint density at radius 2 is 2.00 bits per heavy atom. The van der Waals surface area contributed by atoms with Gasteiger partial charge in [-0.1, -0.05) is 30.3 Å². The minimum Gasteiger partial charge on any atom is -0.476 e. The fourth-order valence-corrected chi connectivity index (χ4v) is 3.83. The number of carbonyl (C=O) groups is 2. The molecule has 150 valence electrons. The predicted octanol–water partition coefficient (Wildman–Crippen LogP) is 3.31. The Labute approximate surface area is 168 Å². The summed E-state index contributed by atoms with van der Waals surface area (Å²) < 4.78 is 7.12. The maximum atomic E-state index is 12.8. The van der Waals surface area contributed by atoms with E-state index in [0.717, 1.165) is 24.1 Å². The van der Waals surface area contributed by atoms with Crippen molar-refractivity contribution in [1.29, 1.82) is 0 Å². The molecule has 1 aliphatic rings. The highest BCUT2D eigenvalue weighted by Crippen LogP contribution is 2.25. The molecule has 0 fully saturated rings. The highest BCUT2D eigenvalue weighted by atomic mass is 16.4. The molecule has 1 N–H and O–H groups in total. The number of aryl methyl sites for hydroxylation is 3. The Kier molecular flexibility index (Phi) is 5.20. The van der Waals surface area contributed by atoms with Crippen LogP contribution in [0.4, 0.5) is 0 Å². The number of hydrogen-bond donors (Lipinski definition) is 1. The molecular formula is C22H23N3O4. The normalized spacial score (nSPS) is 13.3. The molecule has 0 atom stereocenters. The van der Waals surface area contributed by atoms with Crippen molar-refractivity contribution >= 4 is 11.9 Å². The average molecular weight is 393 g/mol. The fraction of sp³-hybridized carbons (Fsp3) is 0.318. The number of nitrogens with zero attached hydrogens (tertiary/aromatic N) is 3. The molecule has 0 saturated heterocycles. The summed E-state index contributed by atoms with van der Waals surface area (Å²) in [7, 11) is 0. The number of furan rings is 1. The number of hydrogen-bond acceptors (Lipinski definition) is 4. The largest absolute Gasteiger partial charge is 0.476 e. The van der Waals surface area contributed by atoms with Gasteiger partial charge in [-0.2, -0.15) is 5.10 Å². The number of fused-ring (bicyclic) bond motifs is 1. The molecule has 0 saturated carbocycles. The number of rotatable bonds is 6. The Hall–Kier alpha value is -3.35. The van der Waals surface area contributed by atoms with Gasteiger partial charge in [-0.05, 0) is 31.4 Å². The Morgan fingerprint density at radius 1 is 1.21 bits per heavy atom. The lowest BCUT2D eigenvalue weighted by Crippen LogP contribution is -2.36. The van der Waals surface area contributed by atoms with E-state index in [1.54, 1.807) is 11.0 Å². The van der Waals surface area contributed by atoms with Gasteiger partial charge in [-0.3, -0.25) is 9.48 Å². The van der Waals surface area contributed by atoms with Crippen LogP contribution in [0.5, 0.6) is 0 Å². The third-order valence-corrected chi connectivity index (χ3v) is 5.36. The molecule has 0 unspecified atom stereocenters. The SMILES string of the molecule is Cc1ccoc1C(=O)N1CCc2c(c(C(=O)O)nn2CCCc2ccccc2)C1. The smallest absolute Gasteiger partial charge is 0.356 e. The Bertz CT molecular complexity index is 1040. The molecule has 7 nitrogen and oxygen atoms in total. The van der Waals surface area contributed by atoms with Gasteiger partial charge in [-0.15, -0.1) is 0 Å². The molecule has 0 bridgehead atoms. The summed E-state index contributed by atoms with van der Waals surface area (Å²) >= 11 is 0. The molecule has 3 aromatic rings. The van der Waals surface area contributed by atoms with E-state index in [-0.39, 0.29) is 18.1 Å². The van der Waals surface area contributed by atoms with Gasteiger partial charge < -0.3 is 14.4 Å². The zero-order valence-electron chi connectivity index (χ0n) is 16.3. The van der Waals surface area contributed by atoms with Crippen molar-refractivity contribution in [3.8, 4) is 0 Å². The summed E-state index contributed by atoms with van der Waals surface area (Å²) in [5, 5.41) is 14.0. The molecule has 1 amide bonds.